The molecule has 5 nitrogen and oxygen atoms in total. The van der Waals surface area contributed by atoms with Crippen LogP contribution in [0.2, 0.25) is 5.02 Å². The van der Waals surface area contributed by atoms with Crippen LogP contribution in [0.3, 0.4) is 0 Å². The average Bonchev–Trinajstić information content (AvgIpc) is 3.29. The van der Waals surface area contributed by atoms with Crippen molar-refractivity contribution in [2.45, 2.75) is 45.6 Å². The molecule has 1 atom stereocenters. The van der Waals surface area contributed by atoms with E-state index in [0.717, 1.165) is 22.1 Å². The molecular formula is C30H28ClN3O2. The number of nitrogens with one attached hydrogen (secondary N) is 1. The lowest BCUT2D eigenvalue weighted by molar-refractivity contribution is -0.130. The lowest BCUT2D eigenvalue weighted by Crippen LogP contribution is -2.24. The molecule has 3 aromatic carbocycles. The molecule has 0 bridgehead atoms. The number of nitrogens with zero attached hydrogens (tertiary/aromatic N) is 2. The number of aromatic amines is 1. The minimum atomic E-state index is -0.287. The van der Waals surface area contributed by atoms with Gasteiger partial charge < -0.3 is 4.98 Å². The molecule has 1 aliphatic rings. The van der Waals surface area contributed by atoms with Gasteiger partial charge in [0.15, 0.2) is 0 Å². The van der Waals surface area contributed by atoms with Crippen molar-refractivity contribution in [3.05, 3.63) is 105 Å². The van der Waals surface area contributed by atoms with Crippen molar-refractivity contribution in [2.24, 2.45) is 5.10 Å². The zero-order chi connectivity index (χ0) is 25.6. The normalized spacial score (nSPS) is 15.9. The highest BCUT2D eigenvalue weighted by Crippen LogP contribution is 2.38. The molecule has 5 rings (SSSR count). The summed E-state index contributed by atoms with van der Waals surface area (Å²) in [4.78, 5) is 29.1. The second-order valence-electron chi connectivity index (χ2n) is 10.3. The van der Waals surface area contributed by atoms with E-state index in [1.807, 2.05) is 42.5 Å². The van der Waals surface area contributed by atoms with E-state index in [0.29, 0.717) is 28.2 Å². The quantitative estimate of drug-likeness (QED) is 0.336. The van der Waals surface area contributed by atoms with Crippen molar-refractivity contribution >= 4 is 34.1 Å². The van der Waals surface area contributed by atoms with Gasteiger partial charge in [-0.3, -0.25) is 9.59 Å². The summed E-state index contributed by atoms with van der Waals surface area (Å²) in [6.45, 7) is 8.02. The van der Waals surface area contributed by atoms with Gasteiger partial charge in [-0.2, -0.15) is 5.10 Å². The molecular weight excluding hydrogens is 470 g/mol. The van der Waals surface area contributed by atoms with Gasteiger partial charge in [0.2, 0.25) is 5.91 Å². The van der Waals surface area contributed by atoms with E-state index in [4.69, 9.17) is 16.7 Å². The Kier molecular flexibility index (Phi) is 6.05. The summed E-state index contributed by atoms with van der Waals surface area (Å²) < 4.78 is 0. The van der Waals surface area contributed by atoms with Gasteiger partial charge in [-0.25, -0.2) is 5.01 Å². The Balaban J connectivity index is 1.67. The third kappa shape index (κ3) is 4.35. The van der Waals surface area contributed by atoms with Crippen molar-refractivity contribution in [1.29, 1.82) is 0 Å². The zero-order valence-corrected chi connectivity index (χ0v) is 21.6. The average molecular weight is 498 g/mol. The van der Waals surface area contributed by atoms with E-state index >= 15 is 0 Å². The fourth-order valence-corrected chi connectivity index (χ4v) is 5.03. The number of hydrogen-bond donors (Lipinski definition) is 1. The van der Waals surface area contributed by atoms with Gasteiger partial charge in [-0.1, -0.05) is 87.0 Å². The highest BCUT2D eigenvalue weighted by molar-refractivity contribution is 6.31. The smallest absolute Gasteiger partial charge is 0.258 e. The van der Waals surface area contributed by atoms with Crippen molar-refractivity contribution < 1.29 is 4.79 Å². The number of aromatic nitrogens is 1. The van der Waals surface area contributed by atoms with Crippen LogP contribution >= 0.6 is 11.6 Å². The van der Waals surface area contributed by atoms with Crippen LogP contribution in [-0.2, 0) is 10.2 Å². The van der Waals surface area contributed by atoms with E-state index in [9.17, 15) is 9.59 Å². The molecule has 1 N–H and O–H groups in total. The Morgan fingerprint density at radius 3 is 2.33 bits per heavy atom. The minimum absolute atomic E-state index is 0.0282. The van der Waals surface area contributed by atoms with Crippen molar-refractivity contribution in [2.75, 3.05) is 0 Å². The highest BCUT2D eigenvalue weighted by atomic mass is 35.5. The van der Waals surface area contributed by atoms with Crippen LogP contribution in [-0.4, -0.2) is 21.6 Å². The molecule has 1 aromatic heterocycles. The summed E-state index contributed by atoms with van der Waals surface area (Å²) in [5, 5.41) is 7.62. The lowest BCUT2D eigenvalue weighted by atomic mass is 9.85. The number of H-pyrrole nitrogens is 1. The molecule has 1 unspecified atom stereocenters. The number of hydrazone groups is 1. The monoisotopic (exact) mass is 497 g/mol. The van der Waals surface area contributed by atoms with Crippen LogP contribution in [0.1, 0.15) is 56.8 Å². The number of hydrogen-bond acceptors (Lipinski definition) is 3. The van der Waals surface area contributed by atoms with Crippen molar-refractivity contribution in [3.8, 4) is 11.1 Å². The Morgan fingerprint density at radius 2 is 1.69 bits per heavy atom. The molecule has 0 saturated heterocycles. The van der Waals surface area contributed by atoms with Crippen LogP contribution in [0.25, 0.3) is 22.0 Å². The third-order valence-electron chi connectivity index (χ3n) is 6.72. The highest BCUT2D eigenvalue weighted by Gasteiger charge is 2.34. The molecule has 36 heavy (non-hydrogen) atoms. The molecule has 0 radical (unpaired) electrons. The van der Waals surface area contributed by atoms with Gasteiger partial charge in [0.1, 0.15) is 0 Å². The van der Waals surface area contributed by atoms with Crippen molar-refractivity contribution in [3.63, 3.8) is 0 Å². The number of pyridine rings is 1. The molecule has 4 aromatic rings. The topological polar surface area (TPSA) is 65.5 Å². The van der Waals surface area contributed by atoms with Gasteiger partial charge in [0, 0.05) is 34.8 Å². The van der Waals surface area contributed by atoms with Gasteiger partial charge >= 0.3 is 0 Å². The fourth-order valence-electron chi connectivity index (χ4n) is 4.86. The largest absolute Gasteiger partial charge is 0.321 e. The third-order valence-corrected chi connectivity index (χ3v) is 6.96. The first-order valence-electron chi connectivity index (χ1n) is 12.0. The maximum atomic E-state index is 13.5. The van der Waals surface area contributed by atoms with E-state index in [1.165, 1.54) is 17.5 Å². The standard InChI is InChI=1S/C30H28ClN3O2/c1-18(35)34-26(19-10-12-21(13-11-19)30(2,3)4)17-25(33-34)28-27(20-8-6-5-7-9-20)23-16-22(31)14-15-24(23)32-29(28)36/h5-16,26H,17H2,1-4H3,(H,32,36). The number of amides is 1. The second kappa shape index (κ2) is 9.07. The Bertz CT molecular complexity index is 1550. The van der Waals surface area contributed by atoms with Crippen molar-refractivity contribution in [1.82, 2.24) is 9.99 Å². The molecule has 0 saturated carbocycles. The first-order valence-corrected chi connectivity index (χ1v) is 12.4. The second-order valence-corrected chi connectivity index (χ2v) is 10.7. The number of halogens is 1. The first-order chi connectivity index (χ1) is 17.1. The van der Waals surface area contributed by atoms with Crippen LogP contribution in [0, 0.1) is 0 Å². The summed E-state index contributed by atoms with van der Waals surface area (Å²) >= 11 is 6.37. The zero-order valence-electron chi connectivity index (χ0n) is 20.8. The van der Waals surface area contributed by atoms with Crippen LogP contribution in [0.4, 0.5) is 0 Å². The lowest BCUT2D eigenvalue weighted by Gasteiger charge is -2.23. The molecule has 182 valence electrons. The minimum Gasteiger partial charge on any atom is -0.321 e. The number of carbonyl (C=O) groups excluding carboxylic acids is 1. The molecule has 1 amide bonds. The van der Waals surface area contributed by atoms with Crippen LogP contribution in [0.5, 0.6) is 0 Å². The molecule has 1 aliphatic heterocycles. The van der Waals surface area contributed by atoms with Gasteiger partial charge in [-0.15, -0.1) is 0 Å². The maximum Gasteiger partial charge on any atom is 0.258 e. The van der Waals surface area contributed by atoms with E-state index in [-0.39, 0.29) is 22.9 Å². The summed E-state index contributed by atoms with van der Waals surface area (Å²) in [6.07, 6.45) is 0.434. The Hall–Kier alpha value is -3.70. The summed E-state index contributed by atoms with van der Waals surface area (Å²) in [6, 6.07) is 23.2. The summed E-state index contributed by atoms with van der Waals surface area (Å²) in [5.41, 5.74) is 5.39. The summed E-state index contributed by atoms with van der Waals surface area (Å²) in [7, 11) is 0. The predicted octanol–water partition coefficient (Wildman–Crippen LogP) is 6.84. The SMILES string of the molecule is CC(=O)N1N=C(c2c(-c3ccccc3)c3cc(Cl)ccc3[nH]c2=O)CC1c1ccc(C(C)(C)C)cc1. The summed E-state index contributed by atoms with van der Waals surface area (Å²) in [5.74, 6) is -0.170. The number of rotatable bonds is 3. The molecule has 0 spiro atoms. The maximum absolute atomic E-state index is 13.5. The fraction of sp³-hybridized carbons (Fsp3) is 0.233. The van der Waals surface area contributed by atoms with Crippen LogP contribution < -0.4 is 5.56 Å². The van der Waals surface area contributed by atoms with Gasteiger partial charge in [0.25, 0.3) is 5.56 Å². The first kappa shape index (κ1) is 24.0. The van der Waals surface area contributed by atoms with E-state index in [2.05, 4.69) is 50.0 Å². The van der Waals surface area contributed by atoms with Crippen LogP contribution in [0.15, 0.2) is 82.7 Å². The molecule has 6 heteroatoms. The molecule has 0 aliphatic carbocycles. The molecule has 2 heterocycles. The van der Waals surface area contributed by atoms with E-state index in [1.54, 1.807) is 6.07 Å². The van der Waals surface area contributed by atoms with E-state index < -0.39 is 0 Å². The predicted molar refractivity (Wildman–Crippen MR) is 147 cm³/mol. The number of fused-ring (bicyclic) bond motifs is 1. The Morgan fingerprint density at radius 1 is 1.00 bits per heavy atom. The molecule has 0 fully saturated rings. The number of carbonyl (C=O) groups is 1. The number of benzene rings is 3. The van der Waals surface area contributed by atoms with Gasteiger partial charge in [-0.05, 0) is 40.3 Å². The Labute approximate surface area is 215 Å². The van der Waals surface area contributed by atoms with Gasteiger partial charge in [0.05, 0.1) is 17.3 Å².